The maximum atomic E-state index is 11.1. The van der Waals surface area contributed by atoms with E-state index in [1.807, 2.05) is 0 Å². The molecule has 5 nitrogen and oxygen atoms in total. The van der Waals surface area contributed by atoms with Crippen molar-refractivity contribution in [2.45, 2.75) is 56.0 Å². The van der Waals surface area contributed by atoms with Gasteiger partial charge in [-0.05, 0) is 12.8 Å². The van der Waals surface area contributed by atoms with Gasteiger partial charge < -0.3 is 0 Å². The van der Waals surface area contributed by atoms with E-state index in [1.54, 1.807) is 0 Å². The van der Waals surface area contributed by atoms with Crippen LogP contribution in [0.3, 0.4) is 0 Å². The van der Waals surface area contributed by atoms with Crippen LogP contribution in [0.1, 0.15) is 56.7 Å². The van der Waals surface area contributed by atoms with Gasteiger partial charge in [-0.2, -0.15) is 0 Å². The molecule has 1 N–H and O–H groups in total. The summed E-state index contributed by atoms with van der Waals surface area (Å²) >= 11 is 0. The summed E-state index contributed by atoms with van der Waals surface area (Å²) in [5.41, 5.74) is 0. The summed E-state index contributed by atoms with van der Waals surface area (Å²) in [5.74, 6) is 0.945. The van der Waals surface area contributed by atoms with Crippen LogP contribution in [0.5, 0.6) is 0 Å². The molecule has 0 aliphatic heterocycles. The second-order valence-corrected chi connectivity index (χ2v) is 6.94. The molecular formula is C10H16ClN3O2S. The molecule has 1 aromatic heterocycles. The second kappa shape index (κ2) is 5.35. The topological polar surface area (TPSA) is 75.7 Å². The number of H-pyrrole nitrogens is 1. The van der Waals surface area contributed by atoms with Crippen molar-refractivity contribution in [1.82, 2.24) is 15.2 Å². The van der Waals surface area contributed by atoms with Crippen LogP contribution in [0.25, 0.3) is 0 Å². The van der Waals surface area contributed by atoms with E-state index in [9.17, 15) is 8.42 Å². The molecule has 96 valence electrons. The Morgan fingerprint density at radius 2 is 1.71 bits per heavy atom. The van der Waals surface area contributed by atoms with Crippen LogP contribution in [0.15, 0.2) is 5.16 Å². The molecule has 1 heterocycles. The fourth-order valence-electron chi connectivity index (χ4n) is 2.28. The van der Waals surface area contributed by atoms with E-state index in [4.69, 9.17) is 10.7 Å². The Kier molecular flexibility index (Phi) is 4.04. The second-order valence-electron chi connectivity index (χ2n) is 4.48. The molecule has 17 heavy (non-hydrogen) atoms. The predicted molar refractivity (Wildman–Crippen MR) is 64.5 cm³/mol. The number of nitrogens with zero attached hydrogens (tertiary/aromatic N) is 2. The SMILES string of the molecule is O=S(=O)(Cl)c1n[nH]c(C2CCCCCCC2)n1. The molecule has 1 aliphatic carbocycles. The number of aromatic amines is 1. The number of hydrogen-bond acceptors (Lipinski definition) is 4. The lowest BCUT2D eigenvalue weighted by Crippen LogP contribution is -2.04. The summed E-state index contributed by atoms with van der Waals surface area (Å²) in [6, 6.07) is 0. The molecule has 1 aliphatic rings. The summed E-state index contributed by atoms with van der Waals surface area (Å²) in [5, 5.41) is 6.06. The highest BCUT2D eigenvalue weighted by molar-refractivity contribution is 8.13. The van der Waals surface area contributed by atoms with E-state index >= 15 is 0 Å². The van der Waals surface area contributed by atoms with Gasteiger partial charge >= 0.3 is 0 Å². The molecule has 0 spiro atoms. The Hall–Kier alpha value is -0.620. The van der Waals surface area contributed by atoms with E-state index in [2.05, 4.69) is 15.2 Å². The van der Waals surface area contributed by atoms with Gasteiger partial charge in [0.15, 0.2) is 0 Å². The van der Waals surface area contributed by atoms with Crippen LogP contribution in [-0.4, -0.2) is 23.6 Å². The number of rotatable bonds is 2. The van der Waals surface area contributed by atoms with E-state index in [0.29, 0.717) is 5.82 Å². The molecule has 0 aromatic carbocycles. The highest BCUT2D eigenvalue weighted by Gasteiger charge is 2.21. The third-order valence-corrected chi connectivity index (χ3v) is 4.22. The smallest absolute Gasteiger partial charge is 0.262 e. The molecule has 0 saturated heterocycles. The highest BCUT2D eigenvalue weighted by Crippen LogP contribution is 2.29. The normalized spacial score (nSPS) is 19.8. The number of halogens is 1. The Bertz CT molecular complexity index is 464. The zero-order valence-corrected chi connectivity index (χ0v) is 11.1. The minimum absolute atomic E-state index is 0.287. The number of nitrogens with one attached hydrogen (secondary N) is 1. The molecule has 0 atom stereocenters. The highest BCUT2D eigenvalue weighted by atomic mass is 35.7. The predicted octanol–water partition coefficient (Wildman–Crippen LogP) is 2.56. The van der Waals surface area contributed by atoms with Crippen molar-refractivity contribution in [3.05, 3.63) is 5.82 Å². The fourth-order valence-corrected chi connectivity index (χ4v) is 2.85. The molecule has 0 bridgehead atoms. The standard InChI is InChI=1S/C10H16ClN3O2S/c11-17(15,16)10-12-9(13-14-10)8-6-4-2-1-3-5-7-8/h8H,1-7H2,(H,12,13,14). The van der Waals surface area contributed by atoms with Crippen molar-refractivity contribution in [3.8, 4) is 0 Å². The minimum Gasteiger partial charge on any atom is -0.262 e. The van der Waals surface area contributed by atoms with Crippen molar-refractivity contribution in [1.29, 1.82) is 0 Å². The summed E-state index contributed by atoms with van der Waals surface area (Å²) in [7, 11) is 1.38. The van der Waals surface area contributed by atoms with Gasteiger partial charge in [-0.25, -0.2) is 13.4 Å². The first-order valence-corrected chi connectivity index (χ1v) is 8.25. The molecule has 2 rings (SSSR count). The summed E-state index contributed by atoms with van der Waals surface area (Å²) in [6.07, 6.45) is 8.18. The monoisotopic (exact) mass is 277 g/mol. The number of aromatic nitrogens is 3. The van der Waals surface area contributed by atoms with Crippen LogP contribution in [-0.2, 0) is 9.05 Å². The van der Waals surface area contributed by atoms with E-state index in [0.717, 1.165) is 25.7 Å². The van der Waals surface area contributed by atoms with Crippen LogP contribution in [0, 0.1) is 0 Å². The van der Waals surface area contributed by atoms with Crippen molar-refractivity contribution >= 4 is 19.7 Å². The Labute approximate surface area is 105 Å². The lowest BCUT2D eigenvalue weighted by molar-refractivity contribution is 0.443. The van der Waals surface area contributed by atoms with Gasteiger partial charge in [-0.3, -0.25) is 5.10 Å². The quantitative estimate of drug-likeness (QED) is 0.843. The Morgan fingerprint density at radius 1 is 1.12 bits per heavy atom. The number of hydrogen-bond donors (Lipinski definition) is 1. The fraction of sp³-hybridized carbons (Fsp3) is 0.800. The molecule has 7 heteroatoms. The minimum atomic E-state index is -3.82. The van der Waals surface area contributed by atoms with E-state index in [-0.39, 0.29) is 11.1 Å². The van der Waals surface area contributed by atoms with Crippen LogP contribution >= 0.6 is 10.7 Å². The van der Waals surface area contributed by atoms with Gasteiger partial charge in [0.1, 0.15) is 5.82 Å². The Morgan fingerprint density at radius 3 is 2.24 bits per heavy atom. The summed E-state index contributed by atoms with van der Waals surface area (Å²) in [6.45, 7) is 0. The molecular weight excluding hydrogens is 262 g/mol. The van der Waals surface area contributed by atoms with Crippen molar-refractivity contribution < 1.29 is 8.42 Å². The molecule has 1 fully saturated rings. The first kappa shape index (κ1) is 12.8. The van der Waals surface area contributed by atoms with Crippen LogP contribution < -0.4 is 0 Å². The van der Waals surface area contributed by atoms with E-state index in [1.165, 1.54) is 19.3 Å². The van der Waals surface area contributed by atoms with Crippen LogP contribution in [0.2, 0.25) is 0 Å². The van der Waals surface area contributed by atoms with E-state index < -0.39 is 9.05 Å². The van der Waals surface area contributed by atoms with Crippen molar-refractivity contribution in [2.24, 2.45) is 0 Å². The lowest BCUT2D eigenvalue weighted by atomic mass is 9.91. The van der Waals surface area contributed by atoms with Gasteiger partial charge in [0.05, 0.1) is 0 Å². The molecule has 0 radical (unpaired) electrons. The van der Waals surface area contributed by atoms with Gasteiger partial charge in [-0.1, -0.05) is 32.1 Å². The zero-order valence-electron chi connectivity index (χ0n) is 9.52. The molecule has 0 amide bonds. The van der Waals surface area contributed by atoms with Gasteiger partial charge in [-0.15, -0.1) is 5.10 Å². The van der Waals surface area contributed by atoms with Crippen molar-refractivity contribution in [3.63, 3.8) is 0 Å². The van der Waals surface area contributed by atoms with Gasteiger partial charge in [0.25, 0.3) is 14.2 Å². The largest absolute Gasteiger partial charge is 0.298 e. The average Bonchev–Trinajstić information content (AvgIpc) is 2.65. The van der Waals surface area contributed by atoms with Crippen molar-refractivity contribution in [2.75, 3.05) is 0 Å². The third-order valence-electron chi connectivity index (χ3n) is 3.19. The first-order chi connectivity index (χ1) is 8.07. The maximum absolute atomic E-state index is 11.1. The van der Waals surface area contributed by atoms with Gasteiger partial charge in [0.2, 0.25) is 0 Å². The van der Waals surface area contributed by atoms with Gasteiger partial charge in [0, 0.05) is 16.6 Å². The first-order valence-electron chi connectivity index (χ1n) is 5.94. The maximum Gasteiger partial charge on any atom is 0.298 e. The zero-order chi connectivity index (χ0) is 12.3. The van der Waals surface area contributed by atoms with Crippen LogP contribution in [0.4, 0.5) is 0 Å². The average molecular weight is 278 g/mol. The molecule has 1 saturated carbocycles. The Balaban J connectivity index is 2.12. The molecule has 1 aromatic rings. The summed E-state index contributed by atoms with van der Waals surface area (Å²) in [4.78, 5) is 3.99. The molecule has 0 unspecified atom stereocenters. The third kappa shape index (κ3) is 3.42. The lowest BCUT2D eigenvalue weighted by Gasteiger charge is -2.16. The summed E-state index contributed by atoms with van der Waals surface area (Å²) < 4.78 is 22.1.